The summed E-state index contributed by atoms with van der Waals surface area (Å²) in [6.07, 6.45) is -9.44. The van der Waals surface area contributed by atoms with E-state index in [4.69, 9.17) is 0 Å². The van der Waals surface area contributed by atoms with Crippen LogP contribution in [0.15, 0.2) is 78.9 Å². The minimum atomic E-state index is -4.80. The highest BCUT2D eigenvalue weighted by molar-refractivity contribution is 5.95. The molecular weight excluding hydrogens is 559 g/mol. The molecule has 0 aliphatic heterocycles. The van der Waals surface area contributed by atoms with Gasteiger partial charge >= 0.3 is 12.4 Å². The van der Waals surface area contributed by atoms with Gasteiger partial charge in [-0.15, -0.1) is 0 Å². The third-order valence-corrected chi connectivity index (χ3v) is 6.20. The molecule has 2 nitrogen and oxygen atoms in total. The van der Waals surface area contributed by atoms with E-state index in [2.05, 4.69) is 16.9 Å². The number of hydrogen-bond donors (Lipinski definition) is 0. The van der Waals surface area contributed by atoms with Crippen LogP contribution in [0.1, 0.15) is 27.8 Å². The first kappa shape index (κ1) is 27.8. The third kappa shape index (κ3) is 5.63. The number of benzene rings is 4. The fourth-order valence-corrected chi connectivity index (χ4v) is 4.40. The SMILES string of the molecule is Fc1cc(F)c(Cn2nc3c(C(F)(F)F)cccc3c2-c2cccc(C#Cc3ccccc3C(F)(F)F)c2)c(F)c1. The van der Waals surface area contributed by atoms with Crippen LogP contribution in [-0.2, 0) is 18.9 Å². The highest BCUT2D eigenvalue weighted by Crippen LogP contribution is 2.38. The van der Waals surface area contributed by atoms with Crippen LogP contribution in [0.3, 0.4) is 0 Å². The van der Waals surface area contributed by atoms with Crippen molar-refractivity contribution in [2.24, 2.45) is 0 Å². The number of aromatic nitrogens is 2. The molecule has 0 saturated carbocycles. The van der Waals surface area contributed by atoms with Crippen LogP contribution in [0.4, 0.5) is 39.5 Å². The molecule has 11 heteroatoms. The van der Waals surface area contributed by atoms with E-state index in [9.17, 15) is 39.5 Å². The number of nitrogens with zero attached hydrogens (tertiary/aromatic N) is 2. The Morgan fingerprint density at radius 3 is 2.00 bits per heavy atom. The van der Waals surface area contributed by atoms with Crippen LogP contribution in [0.25, 0.3) is 22.2 Å². The Labute approximate surface area is 226 Å². The number of fused-ring (bicyclic) bond motifs is 1. The van der Waals surface area contributed by atoms with Crippen molar-refractivity contribution < 1.29 is 39.5 Å². The molecule has 0 unspecified atom stereocenters. The molecule has 41 heavy (non-hydrogen) atoms. The van der Waals surface area contributed by atoms with Crippen molar-refractivity contribution in [3.05, 3.63) is 124 Å². The van der Waals surface area contributed by atoms with Gasteiger partial charge in [-0.25, -0.2) is 13.2 Å². The van der Waals surface area contributed by atoms with Gasteiger partial charge in [-0.2, -0.15) is 31.4 Å². The summed E-state index contributed by atoms with van der Waals surface area (Å²) in [6, 6.07) is 14.8. The average Bonchev–Trinajstić information content (AvgIpc) is 3.27. The summed E-state index contributed by atoms with van der Waals surface area (Å²) in [6.45, 7) is -0.686. The molecule has 0 atom stereocenters. The highest BCUT2D eigenvalue weighted by atomic mass is 19.4. The lowest BCUT2D eigenvalue weighted by molar-refractivity contribution is -0.138. The van der Waals surface area contributed by atoms with Crippen molar-refractivity contribution in [1.82, 2.24) is 9.78 Å². The van der Waals surface area contributed by atoms with Gasteiger partial charge in [0.1, 0.15) is 23.0 Å². The van der Waals surface area contributed by atoms with Gasteiger partial charge in [0.05, 0.1) is 23.4 Å². The minimum absolute atomic E-state index is 0.00437. The molecular formula is C30H15F9N2. The maximum Gasteiger partial charge on any atom is 0.418 e. The summed E-state index contributed by atoms with van der Waals surface area (Å²) in [5, 5.41) is 4.02. The summed E-state index contributed by atoms with van der Waals surface area (Å²) < 4.78 is 125. The molecule has 0 amide bonds. The lowest BCUT2D eigenvalue weighted by Gasteiger charge is -2.11. The molecule has 0 aliphatic rings. The molecule has 1 heterocycles. The fraction of sp³-hybridized carbons (Fsp3) is 0.100. The topological polar surface area (TPSA) is 17.8 Å². The van der Waals surface area contributed by atoms with E-state index < -0.39 is 58.6 Å². The molecule has 5 rings (SSSR count). The van der Waals surface area contributed by atoms with Crippen molar-refractivity contribution >= 4 is 10.9 Å². The lowest BCUT2D eigenvalue weighted by atomic mass is 10.0. The quantitative estimate of drug-likeness (QED) is 0.156. The van der Waals surface area contributed by atoms with Gasteiger partial charge in [0.15, 0.2) is 0 Å². The van der Waals surface area contributed by atoms with Crippen LogP contribution in [0.5, 0.6) is 0 Å². The van der Waals surface area contributed by atoms with Crippen molar-refractivity contribution in [1.29, 1.82) is 0 Å². The lowest BCUT2D eigenvalue weighted by Crippen LogP contribution is -2.09. The Kier molecular flexibility index (Phi) is 7.03. The zero-order valence-corrected chi connectivity index (χ0v) is 20.5. The predicted molar refractivity (Wildman–Crippen MR) is 133 cm³/mol. The maximum absolute atomic E-state index is 14.5. The predicted octanol–water partition coefficient (Wildman–Crippen LogP) is 8.61. The molecule has 1 aromatic heterocycles. The molecule has 0 fully saturated rings. The number of hydrogen-bond acceptors (Lipinski definition) is 1. The highest BCUT2D eigenvalue weighted by Gasteiger charge is 2.35. The first-order valence-electron chi connectivity index (χ1n) is 11.8. The zero-order valence-electron chi connectivity index (χ0n) is 20.5. The smallest absolute Gasteiger partial charge is 0.259 e. The number of alkyl halides is 6. The van der Waals surface area contributed by atoms with E-state index in [0.717, 1.165) is 22.9 Å². The minimum Gasteiger partial charge on any atom is -0.259 e. The molecule has 0 radical (unpaired) electrons. The Balaban J connectivity index is 1.68. The summed E-state index contributed by atoms with van der Waals surface area (Å²) in [5.41, 5.74) is -2.95. The first-order chi connectivity index (χ1) is 19.3. The number of halogens is 9. The Bertz CT molecular complexity index is 1810. The van der Waals surface area contributed by atoms with E-state index in [1.807, 2.05) is 0 Å². The normalized spacial score (nSPS) is 11.9. The van der Waals surface area contributed by atoms with Crippen molar-refractivity contribution in [2.75, 3.05) is 0 Å². The Hall–Kier alpha value is -4.72. The Morgan fingerprint density at radius 2 is 1.32 bits per heavy atom. The van der Waals surface area contributed by atoms with E-state index in [1.54, 1.807) is 0 Å². The second-order valence-corrected chi connectivity index (χ2v) is 8.93. The molecule has 208 valence electrons. The monoisotopic (exact) mass is 574 g/mol. The average molecular weight is 574 g/mol. The molecule has 0 N–H and O–H groups in total. The Morgan fingerprint density at radius 1 is 0.683 bits per heavy atom. The molecule has 0 saturated heterocycles. The van der Waals surface area contributed by atoms with Crippen LogP contribution in [-0.4, -0.2) is 9.78 Å². The van der Waals surface area contributed by atoms with Gasteiger partial charge in [-0.1, -0.05) is 48.2 Å². The zero-order chi connectivity index (χ0) is 29.5. The molecule has 5 aromatic rings. The maximum atomic E-state index is 14.5. The summed E-state index contributed by atoms with van der Waals surface area (Å²) in [7, 11) is 0. The molecule has 0 spiro atoms. The van der Waals surface area contributed by atoms with E-state index >= 15 is 0 Å². The molecule has 4 aromatic carbocycles. The van der Waals surface area contributed by atoms with Crippen molar-refractivity contribution in [2.45, 2.75) is 18.9 Å². The van der Waals surface area contributed by atoms with Crippen LogP contribution < -0.4 is 0 Å². The van der Waals surface area contributed by atoms with Crippen molar-refractivity contribution in [3.63, 3.8) is 0 Å². The van der Waals surface area contributed by atoms with E-state index in [-0.39, 0.29) is 27.8 Å². The van der Waals surface area contributed by atoms with Gasteiger partial charge in [-0.3, -0.25) is 4.68 Å². The van der Waals surface area contributed by atoms with Crippen LogP contribution in [0, 0.1) is 29.3 Å². The second kappa shape index (κ2) is 10.4. The summed E-state index contributed by atoms with van der Waals surface area (Å²) in [5.74, 6) is 1.42. The van der Waals surface area contributed by atoms with E-state index in [0.29, 0.717) is 12.1 Å². The largest absolute Gasteiger partial charge is 0.418 e. The second-order valence-electron chi connectivity index (χ2n) is 8.93. The van der Waals surface area contributed by atoms with Gasteiger partial charge in [0, 0.05) is 39.8 Å². The van der Waals surface area contributed by atoms with Gasteiger partial charge < -0.3 is 0 Å². The van der Waals surface area contributed by atoms with Gasteiger partial charge in [0.2, 0.25) is 0 Å². The third-order valence-electron chi connectivity index (χ3n) is 6.20. The van der Waals surface area contributed by atoms with E-state index in [1.165, 1.54) is 48.5 Å². The summed E-state index contributed by atoms with van der Waals surface area (Å²) >= 11 is 0. The first-order valence-corrected chi connectivity index (χ1v) is 11.8. The molecule has 0 aliphatic carbocycles. The van der Waals surface area contributed by atoms with Gasteiger partial charge in [-0.05, 0) is 30.3 Å². The van der Waals surface area contributed by atoms with Gasteiger partial charge in [0.25, 0.3) is 0 Å². The fourth-order valence-electron chi connectivity index (χ4n) is 4.40. The van der Waals surface area contributed by atoms with Crippen molar-refractivity contribution in [3.8, 4) is 23.1 Å². The summed E-state index contributed by atoms with van der Waals surface area (Å²) in [4.78, 5) is 0. The van der Waals surface area contributed by atoms with Crippen LogP contribution in [0.2, 0.25) is 0 Å². The van der Waals surface area contributed by atoms with Crippen LogP contribution >= 0.6 is 0 Å². The standard InChI is InChI=1S/C30H15F9N2/c31-20-14-25(32)22(26(33)15-20)16-41-28(21-8-4-10-24(27(21)40-41)30(37,38)39)19-7-3-5-17(13-19)11-12-18-6-1-2-9-23(18)29(34,35)36/h1-10,13-15H,16H2. The molecule has 0 bridgehead atoms. The number of rotatable bonds is 3.